The average molecular weight is 319 g/mol. The van der Waals surface area contributed by atoms with Crippen LogP contribution in [0.4, 0.5) is 21.6 Å². The Hall–Kier alpha value is -2.97. The molecule has 0 radical (unpaired) electrons. The third kappa shape index (κ3) is 2.50. The van der Waals surface area contributed by atoms with Crippen molar-refractivity contribution in [1.82, 2.24) is 9.78 Å². The van der Waals surface area contributed by atoms with E-state index < -0.39 is 11.0 Å². The average Bonchev–Trinajstić information content (AvgIpc) is 2.78. The fraction of sp³-hybridized carbons (Fsp3) is 0.286. The van der Waals surface area contributed by atoms with Gasteiger partial charge in [0.15, 0.2) is 0 Å². The topological polar surface area (TPSA) is 93.3 Å². The minimum atomic E-state index is -0.575. The number of carbonyl (C=O) groups is 1. The van der Waals surface area contributed by atoms with Crippen LogP contribution in [0.3, 0.4) is 0 Å². The van der Waals surface area contributed by atoms with Crippen LogP contribution < -0.4 is 10.2 Å². The van der Waals surface area contributed by atoms with E-state index in [1.54, 1.807) is 7.05 Å². The summed E-state index contributed by atoms with van der Waals surface area (Å²) >= 11 is 0. The largest absolute Gasteiger partial charge is 0.351 e. The molecule has 1 aromatic carbocycles. The molecule has 23 heavy (non-hydrogen) atoms. The van der Waals surface area contributed by atoms with Crippen LogP contribution in [0.2, 0.25) is 0 Å². The second kappa shape index (κ2) is 5.34. The zero-order chi connectivity index (χ0) is 16.7. The van der Waals surface area contributed by atoms with E-state index in [4.69, 9.17) is 0 Å². The van der Waals surface area contributed by atoms with Crippen molar-refractivity contribution in [2.24, 2.45) is 7.05 Å². The van der Waals surface area contributed by atoms with Crippen LogP contribution in [-0.4, -0.2) is 33.2 Å². The number of benzene rings is 1. The molecule has 0 spiro atoms. The van der Waals surface area contributed by atoms with E-state index in [1.165, 1.54) is 40.8 Å². The second-order valence-electron chi connectivity index (χ2n) is 5.29. The molecule has 1 aliphatic heterocycles. The minimum Gasteiger partial charge on any atom is -0.351 e. The molecule has 1 saturated heterocycles. The van der Waals surface area contributed by atoms with Gasteiger partial charge in [0.05, 0.1) is 11.5 Å². The highest BCUT2D eigenvalue weighted by atomic mass is 19.1. The number of halogens is 1. The first-order valence-corrected chi connectivity index (χ1v) is 6.90. The monoisotopic (exact) mass is 319 g/mol. The molecule has 3 rings (SSSR count). The Labute approximate surface area is 130 Å². The number of β-lactam (4-membered cyclic amide) rings is 1. The van der Waals surface area contributed by atoms with Gasteiger partial charge in [0.25, 0.3) is 5.91 Å². The molecule has 1 N–H and O–H groups in total. The number of hydrogen-bond acceptors (Lipinski definition) is 5. The molecule has 1 fully saturated rings. The van der Waals surface area contributed by atoms with Crippen LogP contribution in [0.15, 0.2) is 24.3 Å². The molecule has 1 aliphatic rings. The van der Waals surface area contributed by atoms with Gasteiger partial charge in [-0.15, -0.1) is 0 Å². The number of anilines is 2. The smallest absolute Gasteiger partial charge is 0.333 e. The normalized spacial score (nSPS) is 17.1. The van der Waals surface area contributed by atoms with Crippen LogP contribution in [0, 0.1) is 22.9 Å². The van der Waals surface area contributed by atoms with Crippen LogP contribution >= 0.6 is 0 Å². The van der Waals surface area contributed by atoms with Crippen molar-refractivity contribution in [2.75, 3.05) is 16.8 Å². The van der Waals surface area contributed by atoms with E-state index in [2.05, 4.69) is 10.4 Å². The number of nitro groups is 1. The minimum absolute atomic E-state index is 0.138. The molecule has 0 bridgehead atoms. The second-order valence-corrected chi connectivity index (χ2v) is 5.29. The van der Waals surface area contributed by atoms with E-state index in [0.29, 0.717) is 12.2 Å². The molecule has 1 amide bonds. The summed E-state index contributed by atoms with van der Waals surface area (Å²) in [5.41, 5.74) is 0.729. The van der Waals surface area contributed by atoms with Gasteiger partial charge in [-0.25, -0.2) is 9.07 Å². The first-order chi connectivity index (χ1) is 10.9. The number of nitrogens with one attached hydrogen (secondary N) is 1. The van der Waals surface area contributed by atoms with Crippen LogP contribution in [0.25, 0.3) is 0 Å². The summed E-state index contributed by atoms with van der Waals surface area (Å²) in [6, 6.07) is 5.01. The molecule has 0 aliphatic carbocycles. The summed E-state index contributed by atoms with van der Waals surface area (Å²) in [5, 5.41) is 18.0. The highest BCUT2D eigenvalue weighted by Gasteiger charge is 2.40. The van der Waals surface area contributed by atoms with Gasteiger partial charge >= 0.3 is 5.69 Å². The molecule has 0 unspecified atom stereocenters. The molecule has 120 valence electrons. The molecule has 2 aromatic rings. The maximum Gasteiger partial charge on any atom is 0.333 e. The van der Waals surface area contributed by atoms with Gasteiger partial charge in [-0.3, -0.25) is 14.9 Å². The Morgan fingerprint density at radius 2 is 2.04 bits per heavy atom. The summed E-state index contributed by atoms with van der Waals surface area (Å²) in [5.74, 6) is -0.410. The molecule has 1 atom stereocenters. The van der Waals surface area contributed by atoms with Gasteiger partial charge in [-0.2, -0.15) is 5.10 Å². The number of rotatable bonds is 4. The third-order valence-corrected chi connectivity index (χ3v) is 3.75. The first kappa shape index (κ1) is 14.9. The Kier molecular flexibility index (Phi) is 3.47. The van der Waals surface area contributed by atoms with Crippen molar-refractivity contribution in [3.05, 3.63) is 45.9 Å². The molecule has 2 heterocycles. The number of aryl methyl sites for hydroxylation is 2. The lowest BCUT2D eigenvalue weighted by Gasteiger charge is -2.38. The van der Waals surface area contributed by atoms with Crippen molar-refractivity contribution < 1.29 is 14.1 Å². The highest BCUT2D eigenvalue weighted by molar-refractivity contribution is 6.05. The van der Waals surface area contributed by atoms with E-state index in [0.717, 1.165) is 0 Å². The predicted octanol–water partition coefficient (Wildman–Crippen LogP) is 1.60. The van der Waals surface area contributed by atoms with Gasteiger partial charge < -0.3 is 10.2 Å². The predicted molar refractivity (Wildman–Crippen MR) is 80.8 cm³/mol. The summed E-state index contributed by atoms with van der Waals surface area (Å²) in [7, 11) is 1.57. The van der Waals surface area contributed by atoms with Gasteiger partial charge in [-0.05, 0) is 31.2 Å². The third-order valence-electron chi connectivity index (χ3n) is 3.75. The maximum atomic E-state index is 12.9. The van der Waals surface area contributed by atoms with E-state index in [1.807, 2.05) is 0 Å². The molecule has 8 nitrogen and oxygen atoms in total. The molecule has 0 saturated carbocycles. The van der Waals surface area contributed by atoms with Crippen LogP contribution in [0.1, 0.15) is 5.69 Å². The fourth-order valence-corrected chi connectivity index (χ4v) is 2.58. The molecular weight excluding hydrogens is 305 g/mol. The van der Waals surface area contributed by atoms with Gasteiger partial charge in [0.2, 0.25) is 5.82 Å². The number of amides is 1. The fourth-order valence-electron chi connectivity index (χ4n) is 2.58. The summed E-state index contributed by atoms with van der Waals surface area (Å²) in [6.45, 7) is 1.88. The Morgan fingerprint density at radius 3 is 2.61 bits per heavy atom. The number of aromatic nitrogens is 2. The van der Waals surface area contributed by atoms with Crippen molar-refractivity contribution in [2.45, 2.75) is 13.0 Å². The molecule has 9 heteroatoms. The van der Waals surface area contributed by atoms with E-state index in [9.17, 15) is 19.3 Å². The van der Waals surface area contributed by atoms with Crippen LogP contribution in [0.5, 0.6) is 0 Å². The Balaban J connectivity index is 1.76. The van der Waals surface area contributed by atoms with Crippen molar-refractivity contribution >= 4 is 23.1 Å². The standard InChI is InChI=1S/C14H14FN5O3/c1-8-12(20(22)23)13(18(2)17-8)16-11-7-19(14(11)21)10-5-3-9(15)4-6-10/h3-6,11,16H,7H2,1-2H3/t11-/m0/s1. The van der Waals surface area contributed by atoms with E-state index in [-0.39, 0.29) is 28.9 Å². The first-order valence-electron chi connectivity index (χ1n) is 6.90. The van der Waals surface area contributed by atoms with Gasteiger partial charge in [0.1, 0.15) is 17.6 Å². The molecular formula is C14H14FN5O3. The zero-order valence-electron chi connectivity index (χ0n) is 12.5. The van der Waals surface area contributed by atoms with Crippen molar-refractivity contribution in [3.63, 3.8) is 0 Å². The Bertz CT molecular complexity index is 786. The lowest BCUT2D eigenvalue weighted by atomic mass is 10.1. The molecule has 1 aromatic heterocycles. The lowest BCUT2D eigenvalue weighted by Crippen LogP contribution is -2.60. The lowest BCUT2D eigenvalue weighted by molar-refractivity contribution is -0.384. The number of hydrogen-bond donors (Lipinski definition) is 1. The zero-order valence-corrected chi connectivity index (χ0v) is 12.5. The Morgan fingerprint density at radius 1 is 1.39 bits per heavy atom. The van der Waals surface area contributed by atoms with Crippen molar-refractivity contribution in [3.8, 4) is 0 Å². The van der Waals surface area contributed by atoms with Gasteiger partial charge in [-0.1, -0.05) is 0 Å². The summed E-state index contributed by atoms with van der Waals surface area (Å²) in [6.07, 6.45) is 0. The quantitative estimate of drug-likeness (QED) is 0.525. The number of carbonyl (C=O) groups excluding carboxylic acids is 1. The highest BCUT2D eigenvalue weighted by Crippen LogP contribution is 2.30. The van der Waals surface area contributed by atoms with Crippen LogP contribution in [-0.2, 0) is 11.8 Å². The number of nitrogens with zero attached hydrogens (tertiary/aromatic N) is 4. The SMILES string of the molecule is Cc1nn(C)c(N[C@H]2CN(c3ccc(F)cc3)C2=O)c1[N+](=O)[O-]. The summed E-state index contributed by atoms with van der Waals surface area (Å²) < 4.78 is 14.3. The van der Waals surface area contributed by atoms with Gasteiger partial charge in [0, 0.05) is 12.7 Å². The van der Waals surface area contributed by atoms with E-state index >= 15 is 0 Å². The maximum absolute atomic E-state index is 12.9. The van der Waals surface area contributed by atoms with Crippen molar-refractivity contribution in [1.29, 1.82) is 0 Å². The summed E-state index contributed by atoms with van der Waals surface area (Å²) in [4.78, 5) is 24.3.